The molecule has 6 heteroatoms. The fraction of sp³-hybridized carbons (Fsp3) is 0.435. The maximum absolute atomic E-state index is 11.2. The molecule has 0 radical (unpaired) electrons. The monoisotopic (exact) mass is 700 g/mol. The van der Waals surface area contributed by atoms with Crippen LogP contribution in [0, 0.1) is 11.8 Å². The van der Waals surface area contributed by atoms with Gasteiger partial charge in [0.15, 0.2) is 0 Å². The summed E-state index contributed by atoms with van der Waals surface area (Å²) >= 11 is 0. The minimum Gasteiger partial charge on any atom is -0.497 e. The van der Waals surface area contributed by atoms with Crippen molar-refractivity contribution in [1.29, 1.82) is 0 Å². The molecule has 5 aliphatic carbocycles. The number of esters is 2. The minimum atomic E-state index is -0.287. The lowest BCUT2D eigenvalue weighted by molar-refractivity contribution is -0.132. The van der Waals surface area contributed by atoms with Crippen LogP contribution in [-0.2, 0) is 25.8 Å². The van der Waals surface area contributed by atoms with Gasteiger partial charge in [0.25, 0.3) is 0 Å². The number of benzene rings is 4. The summed E-state index contributed by atoms with van der Waals surface area (Å²) in [5.41, 5.74) is 6.15. The van der Waals surface area contributed by atoms with Gasteiger partial charge in [-0.25, -0.2) is 0 Å². The van der Waals surface area contributed by atoms with Crippen LogP contribution in [0.3, 0.4) is 0 Å². The number of hydrogen-bond acceptors (Lipinski definition) is 6. The molecule has 4 aromatic rings. The van der Waals surface area contributed by atoms with Gasteiger partial charge in [0.2, 0.25) is 0 Å². The molecule has 4 bridgehead atoms. The van der Waals surface area contributed by atoms with Gasteiger partial charge in [0, 0.05) is 19.3 Å². The topological polar surface area (TPSA) is 71.1 Å². The van der Waals surface area contributed by atoms with E-state index in [4.69, 9.17) is 18.9 Å². The second kappa shape index (κ2) is 14.8. The third kappa shape index (κ3) is 7.22. The van der Waals surface area contributed by atoms with Gasteiger partial charge >= 0.3 is 11.9 Å². The molecule has 0 heterocycles. The number of ether oxygens (including phenoxy) is 4. The highest BCUT2D eigenvalue weighted by Crippen LogP contribution is 2.66. The lowest BCUT2D eigenvalue weighted by Gasteiger charge is -2.62. The van der Waals surface area contributed by atoms with Gasteiger partial charge in [0.1, 0.15) is 23.0 Å². The number of hydrogen-bond donors (Lipinski definition) is 0. The van der Waals surface area contributed by atoms with Crippen molar-refractivity contribution < 1.29 is 28.5 Å². The first-order valence-electron chi connectivity index (χ1n) is 19.0. The molecular formula is C46H52O6. The van der Waals surface area contributed by atoms with E-state index < -0.39 is 0 Å². The highest BCUT2D eigenvalue weighted by Gasteiger charge is 2.58. The van der Waals surface area contributed by atoms with E-state index >= 15 is 0 Å². The van der Waals surface area contributed by atoms with Crippen molar-refractivity contribution >= 4 is 11.9 Å². The Kier molecular flexibility index (Phi) is 10.2. The van der Waals surface area contributed by atoms with E-state index in [1.165, 1.54) is 93.9 Å². The third-order valence-electron chi connectivity index (χ3n) is 12.5. The average molecular weight is 701 g/mol. The third-order valence-corrected chi connectivity index (χ3v) is 12.5. The zero-order valence-corrected chi connectivity index (χ0v) is 31.1. The van der Waals surface area contributed by atoms with E-state index in [2.05, 4.69) is 60.7 Å². The molecule has 0 aliphatic heterocycles. The summed E-state index contributed by atoms with van der Waals surface area (Å²) in [4.78, 5) is 22.3. The first-order chi connectivity index (χ1) is 25.1. The first-order valence-corrected chi connectivity index (χ1v) is 19.0. The molecule has 52 heavy (non-hydrogen) atoms. The lowest BCUT2D eigenvalue weighted by atomic mass is 9.42. The van der Waals surface area contributed by atoms with Crippen LogP contribution in [0.1, 0.15) is 107 Å². The first kappa shape index (κ1) is 35.8. The summed E-state index contributed by atoms with van der Waals surface area (Å²) in [5.74, 6) is 4.15. The highest BCUT2D eigenvalue weighted by atomic mass is 16.5. The molecule has 5 fully saturated rings. The Morgan fingerprint density at radius 1 is 0.500 bits per heavy atom. The number of methoxy groups -OCH3 is 2. The molecule has 0 N–H and O–H groups in total. The van der Waals surface area contributed by atoms with Crippen LogP contribution in [0.15, 0.2) is 97.1 Å². The second-order valence-electron chi connectivity index (χ2n) is 15.9. The Hall–Kier alpha value is -4.58. The van der Waals surface area contributed by atoms with Gasteiger partial charge in [0.05, 0.1) is 14.2 Å². The Morgan fingerprint density at radius 2 is 0.846 bits per heavy atom. The number of carbonyl (C=O) groups excluding carboxylic acids is 2. The van der Waals surface area contributed by atoms with Crippen LogP contribution in [0.2, 0.25) is 0 Å². The highest BCUT2D eigenvalue weighted by molar-refractivity contribution is 5.69. The summed E-state index contributed by atoms with van der Waals surface area (Å²) in [6.07, 6.45) is 13.9. The van der Waals surface area contributed by atoms with Gasteiger partial charge in [-0.3, -0.25) is 9.59 Å². The maximum atomic E-state index is 11.2. The van der Waals surface area contributed by atoms with Gasteiger partial charge in [-0.05, 0) is 145 Å². The summed E-state index contributed by atoms with van der Waals surface area (Å²) in [6, 6.07) is 33.6. The van der Waals surface area contributed by atoms with Crippen LogP contribution in [0.4, 0.5) is 0 Å². The zero-order chi connectivity index (χ0) is 36.3. The molecule has 9 rings (SSSR count). The molecule has 6 nitrogen and oxygen atoms in total. The van der Waals surface area contributed by atoms with Crippen LogP contribution >= 0.6 is 0 Å². The molecule has 0 spiro atoms. The minimum absolute atomic E-state index is 0.0409. The van der Waals surface area contributed by atoms with Crippen LogP contribution in [-0.4, -0.2) is 26.2 Å². The maximum Gasteiger partial charge on any atom is 0.308 e. The fourth-order valence-corrected chi connectivity index (χ4v) is 10.7. The molecule has 5 saturated carbocycles. The molecule has 2 unspecified atom stereocenters. The molecule has 5 aliphatic rings. The molecule has 0 aromatic heterocycles. The summed E-state index contributed by atoms with van der Waals surface area (Å²) in [6.45, 7) is 2.87. The Labute approximate surface area is 308 Å². The molecule has 4 aromatic carbocycles. The van der Waals surface area contributed by atoms with Crippen LogP contribution in [0.5, 0.6) is 23.0 Å². The van der Waals surface area contributed by atoms with Crippen molar-refractivity contribution in [2.45, 2.75) is 101 Å². The van der Waals surface area contributed by atoms with E-state index in [0.29, 0.717) is 16.9 Å². The van der Waals surface area contributed by atoms with Gasteiger partial charge in [-0.1, -0.05) is 67.8 Å². The van der Waals surface area contributed by atoms with Crippen molar-refractivity contribution in [3.05, 3.63) is 119 Å². The molecule has 272 valence electrons. The van der Waals surface area contributed by atoms with E-state index in [1.54, 1.807) is 14.2 Å². The average Bonchev–Trinajstić information content (AvgIpc) is 3.15. The van der Waals surface area contributed by atoms with Gasteiger partial charge in [-0.2, -0.15) is 0 Å². The molecular weight excluding hydrogens is 649 g/mol. The quantitative estimate of drug-likeness (QED) is 0.135. The Balaban J connectivity index is 0.000000164. The van der Waals surface area contributed by atoms with Gasteiger partial charge in [-0.15, -0.1) is 0 Å². The summed E-state index contributed by atoms with van der Waals surface area (Å²) in [5, 5.41) is 0. The summed E-state index contributed by atoms with van der Waals surface area (Å²) < 4.78 is 21.1. The number of carbonyl (C=O) groups is 2. The Morgan fingerprint density at radius 3 is 1.19 bits per heavy atom. The SMILES string of the molecule is COc1ccc(C2(c3ccc(OC(C)=O)cc3)CCCCC2)cc1.COc1ccc(C23CC4CC(C2)CC(c2ccc(OC(C)=O)cc2)(C4)C3)cc1. The Bertz CT molecular complexity index is 1820. The van der Waals surface area contributed by atoms with Crippen LogP contribution in [0.25, 0.3) is 0 Å². The van der Waals surface area contributed by atoms with Crippen molar-refractivity contribution in [1.82, 2.24) is 0 Å². The predicted octanol–water partition coefficient (Wildman–Crippen LogP) is 10.3. The lowest BCUT2D eigenvalue weighted by Crippen LogP contribution is -2.55. The van der Waals surface area contributed by atoms with E-state index in [9.17, 15) is 9.59 Å². The predicted molar refractivity (Wildman–Crippen MR) is 203 cm³/mol. The van der Waals surface area contributed by atoms with Crippen molar-refractivity contribution in [3.8, 4) is 23.0 Å². The largest absolute Gasteiger partial charge is 0.497 e. The second-order valence-corrected chi connectivity index (χ2v) is 15.9. The fourth-order valence-electron chi connectivity index (χ4n) is 10.7. The van der Waals surface area contributed by atoms with E-state index in [1.807, 2.05) is 36.4 Å². The van der Waals surface area contributed by atoms with Crippen molar-refractivity contribution in [2.24, 2.45) is 11.8 Å². The van der Waals surface area contributed by atoms with Crippen molar-refractivity contribution in [2.75, 3.05) is 14.2 Å². The molecule has 0 saturated heterocycles. The standard InChI is InChI=1S/C25H28O3.C21H24O3/c1-17(26)28-23-9-5-21(6-10-23)25-14-18-11-19(15-25)13-24(12-18,16-25)20-3-7-22(27-2)8-4-20;1-16(22)24-20-12-8-18(9-13-20)21(14-4-3-5-15-21)17-6-10-19(23-2)11-7-17/h3-10,18-19H,11-16H2,1-2H3;6-13H,3-5,14-15H2,1-2H3. The normalized spacial score (nSPS) is 25.3. The molecule has 0 amide bonds. The van der Waals surface area contributed by atoms with Crippen molar-refractivity contribution in [3.63, 3.8) is 0 Å². The van der Waals surface area contributed by atoms with E-state index in [-0.39, 0.29) is 22.8 Å². The number of rotatable bonds is 8. The molecule has 2 atom stereocenters. The van der Waals surface area contributed by atoms with Gasteiger partial charge < -0.3 is 18.9 Å². The summed E-state index contributed by atoms with van der Waals surface area (Å²) in [7, 11) is 3.42. The smallest absolute Gasteiger partial charge is 0.308 e. The zero-order valence-electron chi connectivity index (χ0n) is 31.1. The van der Waals surface area contributed by atoms with E-state index in [0.717, 1.165) is 36.2 Å². The van der Waals surface area contributed by atoms with Crippen LogP contribution < -0.4 is 18.9 Å².